The summed E-state index contributed by atoms with van der Waals surface area (Å²) in [6.07, 6.45) is 6.89. The van der Waals surface area contributed by atoms with Crippen molar-refractivity contribution in [3.8, 4) is 0 Å². The van der Waals surface area contributed by atoms with E-state index in [1.807, 2.05) is 47.0 Å². The van der Waals surface area contributed by atoms with Crippen LogP contribution in [0.5, 0.6) is 0 Å². The van der Waals surface area contributed by atoms with Crippen LogP contribution in [0.15, 0.2) is 54.1 Å². The maximum absolute atomic E-state index is 12.1. The molecule has 0 bridgehead atoms. The molecule has 0 aliphatic carbocycles. The number of thioether (sulfide) groups is 1. The van der Waals surface area contributed by atoms with Crippen molar-refractivity contribution in [2.24, 2.45) is 0 Å². The first kappa shape index (κ1) is 11.6. The van der Waals surface area contributed by atoms with Gasteiger partial charge in [0, 0.05) is 23.9 Å². The SMILES string of the molecule is CC1=CC[C@]2(C=CC(=O)N2c2ccccc2)SC1. The fourth-order valence-electron chi connectivity index (χ4n) is 2.41. The van der Waals surface area contributed by atoms with E-state index in [4.69, 9.17) is 0 Å². The summed E-state index contributed by atoms with van der Waals surface area (Å²) in [5.74, 6) is 1.07. The first-order chi connectivity index (χ1) is 8.71. The van der Waals surface area contributed by atoms with Crippen molar-refractivity contribution in [1.29, 1.82) is 0 Å². The van der Waals surface area contributed by atoms with Crippen LogP contribution in [-0.2, 0) is 4.79 Å². The van der Waals surface area contributed by atoms with E-state index in [9.17, 15) is 4.79 Å². The lowest BCUT2D eigenvalue weighted by Gasteiger charge is -2.39. The number of hydrogen-bond donors (Lipinski definition) is 0. The minimum Gasteiger partial charge on any atom is -0.290 e. The monoisotopic (exact) mass is 257 g/mol. The molecule has 1 aromatic rings. The second-order valence-electron chi connectivity index (χ2n) is 4.73. The third kappa shape index (κ3) is 1.79. The number of para-hydroxylation sites is 1. The number of carbonyl (C=O) groups excluding carboxylic acids is 1. The molecule has 0 saturated carbocycles. The zero-order valence-corrected chi connectivity index (χ0v) is 11.1. The first-order valence-electron chi connectivity index (χ1n) is 6.09. The van der Waals surface area contributed by atoms with Crippen LogP contribution < -0.4 is 4.90 Å². The molecular weight excluding hydrogens is 242 g/mol. The van der Waals surface area contributed by atoms with Gasteiger partial charge in [0.25, 0.3) is 5.91 Å². The summed E-state index contributed by atoms with van der Waals surface area (Å²) < 4.78 is 0. The quantitative estimate of drug-likeness (QED) is 0.719. The maximum Gasteiger partial charge on any atom is 0.252 e. The van der Waals surface area contributed by atoms with Gasteiger partial charge in [0.1, 0.15) is 4.87 Å². The summed E-state index contributed by atoms with van der Waals surface area (Å²) in [6.45, 7) is 2.15. The smallest absolute Gasteiger partial charge is 0.252 e. The molecule has 1 amide bonds. The molecule has 3 heteroatoms. The molecule has 1 aromatic carbocycles. The molecule has 1 atom stereocenters. The number of carbonyl (C=O) groups is 1. The lowest BCUT2D eigenvalue weighted by atomic mass is 10.1. The predicted octanol–water partition coefficient (Wildman–Crippen LogP) is 3.37. The average molecular weight is 257 g/mol. The highest BCUT2D eigenvalue weighted by Crippen LogP contribution is 2.45. The van der Waals surface area contributed by atoms with Gasteiger partial charge in [0.2, 0.25) is 0 Å². The lowest BCUT2D eigenvalue weighted by molar-refractivity contribution is -0.114. The Bertz CT molecular complexity index is 535. The van der Waals surface area contributed by atoms with Crippen molar-refractivity contribution in [3.05, 3.63) is 54.1 Å². The van der Waals surface area contributed by atoms with E-state index in [0.717, 1.165) is 17.9 Å². The third-order valence-corrected chi connectivity index (χ3v) is 4.98. The summed E-state index contributed by atoms with van der Waals surface area (Å²) >= 11 is 1.84. The van der Waals surface area contributed by atoms with Gasteiger partial charge in [-0.15, -0.1) is 11.8 Å². The molecule has 0 aromatic heterocycles. The van der Waals surface area contributed by atoms with E-state index < -0.39 is 0 Å². The summed E-state index contributed by atoms with van der Waals surface area (Å²) in [5.41, 5.74) is 2.37. The zero-order chi connectivity index (χ0) is 12.6. The van der Waals surface area contributed by atoms with Crippen molar-refractivity contribution in [2.75, 3.05) is 10.7 Å². The number of rotatable bonds is 1. The number of hydrogen-bond acceptors (Lipinski definition) is 2. The van der Waals surface area contributed by atoms with Crippen molar-refractivity contribution in [1.82, 2.24) is 0 Å². The molecule has 3 rings (SSSR count). The molecule has 2 heterocycles. The predicted molar refractivity (Wildman–Crippen MR) is 76.6 cm³/mol. The Balaban J connectivity index is 2.00. The highest BCUT2D eigenvalue weighted by molar-refractivity contribution is 8.01. The Morgan fingerprint density at radius 1 is 1.28 bits per heavy atom. The Labute approximate surface area is 111 Å². The largest absolute Gasteiger partial charge is 0.290 e. The Morgan fingerprint density at radius 3 is 2.72 bits per heavy atom. The average Bonchev–Trinajstić information content (AvgIpc) is 2.72. The van der Waals surface area contributed by atoms with Gasteiger partial charge < -0.3 is 0 Å². The van der Waals surface area contributed by atoms with Gasteiger partial charge in [0.15, 0.2) is 0 Å². The molecule has 0 radical (unpaired) electrons. The van der Waals surface area contributed by atoms with Crippen LogP contribution in [0.2, 0.25) is 0 Å². The van der Waals surface area contributed by atoms with Crippen LogP contribution in [0.1, 0.15) is 13.3 Å². The van der Waals surface area contributed by atoms with Gasteiger partial charge in [-0.3, -0.25) is 9.69 Å². The Morgan fingerprint density at radius 2 is 2.06 bits per heavy atom. The summed E-state index contributed by atoms with van der Waals surface area (Å²) in [7, 11) is 0. The topological polar surface area (TPSA) is 20.3 Å². The fraction of sp³-hybridized carbons (Fsp3) is 0.267. The van der Waals surface area contributed by atoms with E-state index in [0.29, 0.717) is 0 Å². The van der Waals surface area contributed by atoms with Crippen molar-refractivity contribution >= 4 is 23.4 Å². The van der Waals surface area contributed by atoms with Gasteiger partial charge >= 0.3 is 0 Å². The summed E-state index contributed by atoms with van der Waals surface area (Å²) in [4.78, 5) is 13.8. The normalized spacial score (nSPS) is 26.8. The van der Waals surface area contributed by atoms with Crippen LogP contribution in [0.25, 0.3) is 0 Å². The molecule has 2 aliphatic heterocycles. The van der Waals surface area contributed by atoms with Crippen molar-refractivity contribution < 1.29 is 4.79 Å². The van der Waals surface area contributed by atoms with Crippen LogP contribution >= 0.6 is 11.8 Å². The molecule has 0 unspecified atom stereocenters. The molecule has 0 saturated heterocycles. The van der Waals surface area contributed by atoms with Crippen LogP contribution in [0.3, 0.4) is 0 Å². The van der Waals surface area contributed by atoms with Crippen molar-refractivity contribution in [3.63, 3.8) is 0 Å². The second kappa shape index (κ2) is 4.32. The molecule has 2 nitrogen and oxygen atoms in total. The van der Waals surface area contributed by atoms with Gasteiger partial charge in [-0.05, 0) is 25.1 Å². The van der Waals surface area contributed by atoms with E-state index in [-0.39, 0.29) is 10.8 Å². The number of benzene rings is 1. The maximum atomic E-state index is 12.1. The second-order valence-corrected chi connectivity index (χ2v) is 6.01. The number of nitrogens with zero attached hydrogens (tertiary/aromatic N) is 1. The highest BCUT2D eigenvalue weighted by atomic mass is 32.2. The molecule has 0 N–H and O–H groups in total. The van der Waals surface area contributed by atoms with E-state index in [2.05, 4.69) is 19.1 Å². The zero-order valence-electron chi connectivity index (χ0n) is 10.3. The molecule has 18 heavy (non-hydrogen) atoms. The fourth-order valence-corrected chi connectivity index (χ4v) is 3.69. The molecule has 1 spiro atoms. The highest BCUT2D eigenvalue weighted by Gasteiger charge is 2.43. The van der Waals surface area contributed by atoms with Gasteiger partial charge in [0.05, 0.1) is 0 Å². The minimum absolute atomic E-state index is 0.0849. The third-order valence-electron chi connectivity index (χ3n) is 3.39. The van der Waals surface area contributed by atoms with Gasteiger partial charge in [-0.1, -0.05) is 29.8 Å². The van der Waals surface area contributed by atoms with Gasteiger partial charge in [-0.2, -0.15) is 0 Å². The van der Waals surface area contributed by atoms with Gasteiger partial charge in [-0.25, -0.2) is 0 Å². The van der Waals surface area contributed by atoms with Crippen LogP contribution in [0, 0.1) is 0 Å². The molecular formula is C15H15NOS. The lowest BCUT2D eigenvalue weighted by Crippen LogP contribution is -2.45. The first-order valence-corrected chi connectivity index (χ1v) is 7.08. The molecule has 2 aliphatic rings. The molecule has 0 fully saturated rings. The Kier molecular flexibility index (Phi) is 2.78. The molecule has 92 valence electrons. The van der Waals surface area contributed by atoms with E-state index >= 15 is 0 Å². The Hall–Kier alpha value is -1.48. The van der Waals surface area contributed by atoms with E-state index in [1.165, 1.54) is 5.57 Å². The number of anilines is 1. The summed E-state index contributed by atoms with van der Waals surface area (Å²) in [5, 5.41) is 0. The number of amides is 1. The van der Waals surface area contributed by atoms with Crippen LogP contribution in [-0.4, -0.2) is 16.5 Å². The standard InChI is InChI=1S/C15H15NOS/c1-12-7-9-15(18-11-12)10-8-14(17)16(15)13-5-3-2-4-6-13/h2-8,10H,9,11H2,1H3/t15-/m1/s1. The van der Waals surface area contributed by atoms with Crippen LogP contribution in [0.4, 0.5) is 5.69 Å². The van der Waals surface area contributed by atoms with E-state index in [1.54, 1.807) is 6.08 Å². The minimum atomic E-state index is -0.210. The summed E-state index contributed by atoms with van der Waals surface area (Å²) in [6, 6.07) is 9.92. The van der Waals surface area contributed by atoms with Crippen molar-refractivity contribution in [2.45, 2.75) is 18.2 Å².